The minimum absolute atomic E-state index is 0.0529. The summed E-state index contributed by atoms with van der Waals surface area (Å²) in [5.41, 5.74) is 1.06. The molecule has 0 unspecified atom stereocenters. The summed E-state index contributed by atoms with van der Waals surface area (Å²) in [4.78, 5) is 0. The van der Waals surface area contributed by atoms with Gasteiger partial charge in [0.05, 0.1) is 26.4 Å². The molecule has 0 spiro atoms. The van der Waals surface area contributed by atoms with Gasteiger partial charge in [0.1, 0.15) is 0 Å². The highest BCUT2D eigenvalue weighted by atomic mass is 16.5. The number of aliphatic hydroxyl groups is 1. The van der Waals surface area contributed by atoms with Crippen LogP contribution >= 0.6 is 0 Å². The molecule has 2 N–H and O–H groups in total. The molecule has 110 valence electrons. The second-order valence-corrected chi connectivity index (χ2v) is 4.56. The van der Waals surface area contributed by atoms with Crippen molar-refractivity contribution in [2.45, 2.75) is 32.4 Å². The molecule has 0 bridgehead atoms. The topological polar surface area (TPSA) is 74.5 Å². The van der Waals surface area contributed by atoms with Crippen LogP contribution in [0.2, 0.25) is 0 Å². The fraction of sp³-hybridized carbons (Fsp3) is 0.533. The van der Waals surface area contributed by atoms with Gasteiger partial charge in [0.15, 0.2) is 11.5 Å². The van der Waals surface area contributed by atoms with Crippen molar-refractivity contribution in [1.29, 1.82) is 5.26 Å². The van der Waals surface area contributed by atoms with E-state index >= 15 is 0 Å². The van der Waals surface area contributed by atoms with Crippen molar-refractivity contribution in [3.8, 4) is 17.6 Å². The fourth-order valence-corrected chi connectivity index (χ4v) is 1.63. The number of ether oxygens (including phenoxy) is 2. The number of hydrogen-bond acceptors (Lipinski definition) is 5. The van der Waals surface area contributed by atoms with Gasteiger partial charge in [-0.1, -0.05) is 6.07 Å². The number of aliphatic hydroxyl groups excluding tert-OH is 1. The molecule has 0 saturated carbocycles. The molecule has 0 fully saturated rings. The zero-order valence-electron chi connectivity index (χ0n) is 12.1. The van der Waals surface area contributed by atoms with E-state index in [1.165, 1.54) is 0 Å². The molecule has 1 aromatic carbocycles. The van der Waals surface area contributed by atoms with Gasteiger partial charge in [0, 0.05) is 19.0 Å². The molecule has 0 radical (unpaired) electrons. The Labute approximate surface area is 120 Å². The van der Waals surface area contributed by atoms with Crippen LogP contribution in [-0.4, -0.2) is 31.5 Å². The van der Waals surface area contributed by atoms with E-state index in [1.54, 1.807) is 7.11 Å². The lowest BCUT2D eigenvalue weighted by Gasteiger charge is -2.14. The van der Waals surface area contributed by atoms with E-state index in [4.69, 9.17) is 19.8 Å². The Balaban J connectivity index is 2.63. The first kappa shape index (κ1) is 16.3. The van der Waals surface area contributed by atoms with Gasteiger partial charge in [-0.25, -0.2) is 0 Å². The molecule has 0 aliphatic rings. The van der Waals surface area contributed by atoms with Gasteiger partial charge in [-0.05, 0) is 31.0 Å². The third kappa shape index (κ3) is 5.47. The summed E-state index contributed by atoms with van der Waals surface area (Å²) in [5, 5.41) is 20.7. The maximum atomic E-state index is 8.98. The van der Waals surface area contributed by atoms with Gasteiger partial charge in [-0.3, -0.25) is 0 Å². The SMILES string of the molecule is COc1ccc(CN[C@H](C)CO)cc1OCCCC#N. The van der Waals surface area contributed by atoms with Gasteiger partial charge in [-0.15, -0.1) is 0 Å². The molecule has 0 aliphatic carbocycles. The van der Waals surface area contributed by atoms with E-state index in [1.807, 2.05) is 25.1 Å². The standard InChI is InChI=1S/C15H22N2O3/c1-12(11-18)17-10-13-5-6-14(19-2)15(9-13)20-8-4-3-7-16/h5-6,9,12,17-18H,3-4,8,10-11H2,1-2H3/t12-/m1/s1. The molecular formula is C15H22N2O3. The first-order valence-electron chi connectivity index (χ1n) is 6.72. The van der Waals surface area contributed by atoms with Crippen LogP contribution in [0.25, 0.3) is 0 Å². The van der Waals surface area contributed by atoms with E-state index in [0.717, 1.165) is 5.56 Å². The quantitative estimate of drug-likeness (QED) is 0.674. The number of unbranched alkanes of at least 4 members (excludes halogenated alkanes) is 1. The predicted molar refractivity (Wildman–Crippen MR) is 76.7 cm³/mol. The number of nitrogens with zero attached hydrogens (tertiary/aromatic N) is 1. The lowest BCUT2D eigenvalue weighted by molar-refractivity contribution is 0.251. The fourth-order valence-electron chi connectivity index (χ4n) is 1.63. The largest absolute Gasteiger partial charge is 0.493 e. The number of rotatable bonds is 9. The van der Waals surface area contributed by atoms with E-state index in [9.17, 15) is 0 Å². The number of nitriles is 1. The number of nitrogens with one attached hydrogen (secondary N) is 1. The molecule has 0 amide bonds. The van der Waals surface area contributed by atoms with Crippen LogP contribution in [0.5, 0.6) is 11.5 Å². The normalized spacial score (nSPS) is 11.7. The monoisotopic (exact) mass is 278 g/mol. The second-order valence-electron chi connectivity index (χ2n) is 4.56. The second kappa shape index (κ2) is 9.18. The lowest BCUT2D eigenvalue weighted by atomic mass is 10.2. The molecular weight excluding hydrogens is 256 g/mol. The van der Waals surface area contributed by atoms with Gasteiger partial charge in [0.25, 0.3) is 0 Å². The van der Waals surface area contributed by atoms with E-state index in [0.29, 0.717) is 37.5 Å². The Bertz CT molecular complexity index is 443. The average molecular weight is 278 g/mol. The third-order valence-corrected chi connectivity index (χ3v) is 2.85. The van der Waals surface area contributed by atoms with Crippen LogP contribution in [0.1, 0.15) is 25.3 Å². The van der Waals surface area contributed by atoms with Crippen LogP contribution in [0.3, 0.4) is 0 Å². The number of benzene rings is 1. The zero-order chi connectivity index (χ0) is 14.8. The maximum absolute atomic E-state index is 8.98. The highest BCUT2D eigenvalue weighted by Crippen LogP contribution is 2.28. The molecule has 20 heavy (non-hydrogen) atoms. The smallest absolute Gasteiger partial charge is 0.161 e. The number of hydrogen-bond donors (Lipinski definition) is 2. The molecule has 1 rings (SSSR count). The van der Waals surface area contributed by atoms with E-state index < -0.39 is 0 Å². The molecule has 0 saturated heterocycles. The molecule has 0 aromatic heterocycles. The number of methoxy groups -OCH3 is 1. The summed E-state index contributed by atoms with van der Waals surface area (Å²) >= 11 is 0. The van der Waals surface area contributed by atoms with Crippen molar-refractivity contribution in [1.82, 2.24) is 5.32 Å². The Morgan fingerprint density at radius 3 is 2.85 bits per heavy atom. The minimum atomic E-state index is 0.0529. The molecule has 5 nitrogen and oxygen atoms in total. The summed E-state index contributed by atoms with van der Waals surface area (Å²) in [6.07, 6.45) is 1.18. The third-order valence-electron chi connectivity index (χ3n) is 2.85. The summed E-state index contributed by atoms with van der Waals surface area (Å²) < 4.78 is 10.9. The summed E-state index contributed by atoms with van der Waals surface area (Å²) in [7, 11) is 1.60. The average Bonchev–Trinajstić information content (AvgIpc) is 2.49. The van der Waals surface area contributed by atoms with Gasteiger partial charge in [-0.2, -0.15) is 5.26 Å². The van der Waals surface area contributed by atoms with Crippen molar-refractivity contribution in [3.63, 3.8) is 0 Å². The van der Waals surface area contributed by atoms with E-state index in [-0.39, 0.29) is 12.6 Å². The van der Waals surface area contributed by atoms with Crippen molar-refractivity contribution in [2.75, 3.05) is 20.3 Å². The van der Waals surface area contributed by atoms with Crippen LogP contribution in [-0.2, 0) is 6.54 Å². The predicted octanol–water partition coefficient (Wildman–Crippen LogP) is 1.85. The van der Waals surface area contributed by atoms with E-state index in [2.05, 4.69) is 11.4 Å². The van der Waals surface area contributed by atoms with Crippen molar-refractivity contribution >= 4 is 0 Å². The Morgan fingerprint density at radius 1 is 1.40 bits per heavy atom. The van der Waals surface area contributed by atoms with Crippen LogP contribution in [0, 0.1) is 11.3 Å². The highest BCUT2D eigenvalue weighted by Gasteiger charge is 2.07. The molecule has 1 atom stereocenters. The first-order chi connectivity index (χ1) is 9.71. The highest BCUT2D eigenvalue weighted by molar-refractivity contribution is 5.42. The first-order valence-corrected chi connectivity index (χ1v) is 6.72. The van der Waals surface area contributed by atoms with Crippen LogP contribution in [0.4, 0.5) is 0 Å². The lowest BCUT2D eigenvalue weighted by Crippen LogP contribution is -2.28. The maximum Gasteiger partial charge on any atom is 0.161 e. The van der Waals surface area contributed by atoms with Gasteiger partial charge < -0.3 is 19.9 Å². The molecule has 5 heteroatoms. The van der Waals surface area contributed by atoms with Gasteiger partial charge >= 0.3 is 0 Å². The minimum Gasteiger partial charge on any atom is -0.493 e. The summed E-state index contributed by atoms with van der Waals surface area (Å²) in [5.74, 6) is 1.36. The Hall–Kier alpha value is -1.77. The molecule has 1 aromatic rings. The van der Waals surface area contributed by atoms with Crippen molar-refractivity contribution in [3.05, 3.63) is 23.8 Å². The Kier molecular flexibility index (Phi) is 7.48. The summed E-state index contributed by atoms with van der Waals surface area (Å²) in [6.45, 7) is 3.17. The zero-order valence-corrected chi connectivity index (χ0v) is 12.1. The Morgan fingerprint density at radius 2 is 2.20 bits per heavy atom. The summed E-state index contributed by atoms with van der Waals surface area (Å²) in [6, 6.07) is 7.88. The van der Waals surface area contributed by atoms with Crippen LogP contribution in [0.15, 0.2) is 18.2 Å². The molecule has 0 aliphatic heterocycles. The van der Waals surface area contributed by atoms with Crippen molar-refractivity contribution in [2.24, 2.45) is 0 Å². The van der Waals surface area contributed by atoms with Gasteiger partial charge in [0.2, 0.25) is 0 Å². The van der Waals surface area contributed by atoms with Crippen LogP contribution < -0.4 is 14.8 Å². The van der Waals surface area contributed by atoms with Crippen molar-refractivity contribution < 1.29 is 14.6 Å². The molecule has 0 heterocycles.